The fraction of sp³-hybridized carbons (Fsp3) is 0.278. The molecule has 166 valence electrons. The van der Waals surface area contributed by atoms with E-state index in [4.69, 9.17) is 11.6 Å². The second kappa shape index (κ2) is 8.92. The van der Waals surface area contributed by atoms with Crippen LogP contribution in [0.1, 0.15) is 17.3 Å². The standard InChI is InChI=1S/C18H14ClF5N4O3/c19-9-5-8(1-2-10(9)20)14(28-15(29)13-6-25-17(30)27-13)12-4-3-11(21)16(26-12)31-7-18(22,23)24/h1-5,13-14H,6-7H2,(H,28,29)(H2,25,27,30)/t13-,14+/m0/s1. The van der Waals surface area contributed by atoms with Gasteiger partial charge in [-0.3, -0.25) is 4.79 Å². The summed E-state index contributed by atoms with van der Waals surface area (Å²) in [6.07, 6.45) is -4.73. The Morgan fingerprint density at radius 3 is 2.58 bits per heavy atom. The normalized spacial score (nSPS) is 17.0. The lowest BCUT2D eigenvalue weighted by Crippen LogP contribution is -2.44. The van der Waals surface area contributed by atoms with Gasteiger partial charge in [0.05, 0.1) is 16.8 Å². The van der Waals surface area contributed by atoms with E-state index in [2.05, 4.69) is 25.7 Å². The number of benzene rings is 1. The monoisotopic (exact) mass is 464 g/mol. The topological polar surface area (TPSA) is 92.4 Å². The van der Waals surface area contributed by atoms with Crippen LogP contribution in [-0.2, 0) is 4.79 Å². The van der Waals surface area contributed by atoms with E-state index in [1.54, 1.807) is 0 Å². The van der Waals surface area contributed by atoms with Crippen LogP contribution in [0.15, 0.2) is 30.3 Å². The maximum Gasteiger partial charge on any atom is 0.422 e. The van der Waals surface area contributed by atoms with Crippen molar-refractivity contribution in [3.63, 3.8) is 0 Å². The SMILES string of the molecule is O=C1NC[C@@H](C(=O)N[C@H](c2ccc(F)c(Cl)c2)c2ccc(F)c(OCC(F)(F)F)n2)N1. The molecular weight excluding hydrogens is 451 g/mol. The van der Waals surface area contributed by atoms with E-state index in [1.165, 1.54) is 12.1 Å². The minimum Gasteiger partial charge on any atom is -0.466 e. The van der Waals surface area contributed by atoms with Crippen molar-refractivity contribution in [3.8, 4) is 5.88 Å². The number of hydrogen-bond donors (Lipinski definition) is 3. The minimum atomic E-state index is -4.73. The van der Waals surface area contributed by atoms with Crippen LogP contribution in [0.5, 0.6) is 5.88 Å². The summed E-state index contributed by atoms with van der Waals surface area (Å²) in [4.78, 5) is 27.6. The summed E-state index contributed by atoms with van der Waals surface area (Å²) in [5.74, 6) is -3.50. The van der Waals surface area contributed by atoms with E-state index in [9.17, 15) is 31.5 Å². The van der Waals surface area contributed by atoms with Crippen LogP contribution in [0.3, 0.4) is 0 Å². The number of hydrogen-bond acceptors (Lipinski definition) is 4. The maximum atomic E-state index is 13.9. The van der Waals surface area contributed by atoms with Crippen molar-refractivity contribution in [3.05, 3.63) is 58.2 Å². The number of pyridine rings is 1. The number of aromatic nitrogens is 1. The summed E-state index contributed by atoms with van der Waals surface area (Å²) in [7, 11) is 0. The molecule has 1 saturated heterocycles. The Labute approximate surface area is 176 Å². The van der Waals surface area contributed by atoms with E-state index in [1.807, 2.05) is 0 Å². The van der Waals surface area contributed by atoms with Crippen LogP contribution in [0.25, 0.3) is 0 Å². The molecule has 1 fully saturated rings. The number of nitrogens with one attached hydrogen (secondary N) is 3. The molecule has 0 bridgehead atoms. The summed E-state index contributed by atoms with van der Waals surface area (Å²) in [6, 6.07) is 2.70. The van der Waals surface area contributed by atoms with Crippen molar-refractivity contribution in [2.45, 2.75) is 18.3 Å². The molecule has 1 aromatic heterocycles. The number of urea groups is 1. The molecule has 0 saturated carbocycles. The van der Waals surface area contributed by atoms with Crippen molar-refractivity contribution >= 4 is 23.5 Å². The first-order valence-corrected chi connectivity index (χ1v) is 9.07. The highest BCUT2D eigenvalue weighted by Gasteiger charge is 2.31. The van der Waals surface area contributed by atoms with Crippen LogP contribution < -0.4 is 20.7 Å². The zero-order valence-electron chi connectivity index (χ0n) is 15.4. The molecule has 31 heavy (non-hydrogen) atoms. The maximum absolute atomic E-state index is 13.9. The lowest BCUT2D eigenvalue weighted by Gasteiger charge is -2.22. The summed E-state index contributed by atoms with van der Waals surface area (Å²) in [6.45, 7) is -1.79. The van der Waals surface area contributed by atoms with Crippen molar-refractivity contribution < 1.29 is 36.3 Å². The predicted octanol–water partition coefficient (Wildman–Crippen LogP) is 2.84. The highest BCUT2D eigenvalue weighted by Crippen LogP contribution is 2.28. The Hall–Kier alpha value is -3.15. The molecule has 2 heterocycles. The quantitative estimate of drug-likeness (QED) is 0.573. The average Bonchev–Trinajstić information content (AvgIpc) is 3.13. The number of ether oxygens (including phenoxy) is 1. The van der Waals surface area contributed by atoms with Gasteiger partial charge < -0.3 is 20.7 Å². The van der Waals surface area contributed by atoms with Crippen molar-refractivity contribution in [1.29, 1.82) is 0 Å². The molecule has 0 radical (unpaired) electrons. The predicted molar refractivity (Wildman–Crippen MR) is 97.5 cm³/mol. The Morgan fingerprint density at radius 1 is 1.26 bits per heavy atom. The molecule has 0 aliphatic carbocycles. The van der Waals surface area contributed by atoms with Gasteiger partial charge in [-0.05, 0) is 29.8 Å². The second-order valence-electron chi connectivity index (χ2n) is 6.45. The van der Waals surface area contributed by atoms with E-state index < -0.39 is 54.3 Å². The Morgan fingerprint density at radius 2 is 1.97 bits per heavy atom. The Bertz CT molecular complexity index is 1000. The first kappa shape index (κ1) is 22.5. The smallest absolute Gasteiger partial charge is 0.422 e. The van der Waals surface area contributed by atoms with Gasteiger partial charge in [-0.25, -0.2) is 18.6 Å². The molecule has 1 aliphatic rings. The van der Waals surface area contributed by atoms with Gasteiger partial charge in [-0.1, -0.05) is 17.7 Å². The number of nitrogens with zero attached hydrogens (tertiary/aromatic N) is 1. The van der Waals surface area contributed by atoms with Crippen LogP contribution in [0, 0.1) is 11.6 Å². The molecule has 2 aromatic rings. The number of rotatable bonds is 6. The number of amides is 3. The van der Waals surface area contributed by atoms with Crippen LogP contribution in [0.2, 0.25) is 5.02 Å². The third-order valence-corrected chi connectivity index (χ3v) is 4.45. The molecule has 3 rings (SSSR count). The van der Waals surface area contributed by atoms with Gasteiger partial charge in [0.1, 0.15) is 11.9 Å². The largest absolute Gasteiger partial charge is 0.466 e. The van der Waals surface area contributed by atoms with Crippen molar-refractivity contribution in [2.24, 2.45) is 0 Å². The summed E-state index contributed by atoms with van der Waals surface area (Å²) < 4.78 is 69.2. The van der Waals surface area contributed by atoms with Gasteiger partial charge in [-0.2, -0.15) is 13.2 Å². The fourth-order valence-corrected chi connectivity index (χ4v) is 2.92. The Balaban J connectivity index is 1.94. The van der Waals surface area contributed by atoms with Gasteiger partial charge in [0, 0.05) is 6.54 Å². The lowest BCUT2D eigenvalue weighted by molar-refractivity contribution is -0.154. The molecular formula is C18H14ClF5N4O3. The molecule has 7 nitrogen and oxygen atoms in total. The number of halogens is 6. The molecule has 3 amide bonds. The fourth-order valence-electron chi connectivity index (χ4n) is 2.73. The van der Waals surface area contributed by atoms with Crippen molar-refractivity contribution in [2.75, 3.05) is 13.2 Å². The van der Waals surface area contributed by atoms with Gasteiger partial charge in [0.15, 0.2) is 12.4 Å². The van der Waals surface area contributed by atoms with Gasteiger partial charge >= 0.3 is 12.2 Å². The zero-order valence-corrected chi connectivity index (χ0v) is 16.2. The molecule has 2 atom stereocenters. The van der Waals surface area contributed by atoms with Gasteiger partial charge in [0.2, 0.25) is 5.91 Å². The van der Waals surface area contributed by atoms with E-state index in [0.29, 0.717) is 0 Å². The Kier molecular flexibility index (Phi) is 6.48. The third-order valence-electron chi connectivity index (χ3n) is 4.16. The first-order valence-electron chi connectivity index (χ1n) is 8.69. The number of carbonyl (C=O) groups is 2. The van der Waals surface area contributed by atoms with Crippen LogP contribution in [0.4, 0.5) is 26.7 Å². The van der Waals surface area contributed by atoms with Gasteiger partial charge in [-0.15, -0.1) is 0 Å². The molecule has 1 aromatic carbocycles. The molecule has 13 heteroatoms. The average molecular weight is 465 g/mol. The molecule has 3 N–H and O–H groups in total. The summed E-state index contributed by atoms with van der Waals surface area (Å²) in [5.41, 5.74) is 0.102. The zero-order chi connectivity index (χ0) is 22.8. The highest BCUT2D eigenvalue weighted by molar-refractivity contribution is 6.30. The first-order chi connectivity index (χ1) is 14.5. The van der Waals surface area contributed by atoms with E-state index in [0.717, 1.165) is 18.2 Å². The highest BCUT2D eigenvalue weighted by atomic mass is 35.5. The van der Waals surface area contributed by atoms with Gasteiger partial charge in [0.25, 0.3) is 5.88 Å². The minimum absolute atomic E-state index is 0.0155. The van der Waals surface area contributed by atoms with Crippen molar-refractivity contribution in [1.82, 2.24) is 20.9 Å². The van der Waals surface area contributed by atoms with E-state index in [-0.39, 0.29) is 22.8 Å². The third kappa shape index (κ3) is 5.72. The summed E-state index contributed by atoms with van der Waals surface area (Å²) >= 11 is 5.80. The summed E-state index contributed by atoms with van der Waals surface area (Å²) in [5, 5.41) is 7.01. The lowest BCUT2D eigenvalue weighted by atomic mass is 10.0. The number of alkyl halides is 3. The molecule has 0 spiro atoms. The molecule has 0 unspecified atom stereocenters. The van der Waals surface area contributed by atoms with Crippen LogP contribution in [-0.4, -0.2) is 42.3 Å². The molecule has 1 aliphatic heterocycles. The second-order valence-corrected chi connectivity index (χ2v) is 6.86. The van der Waals surface area contributed by atoms with Crippen LogP contribution >= 0.6 is 11.6 Å². The number of carbonyl (C=O) groups excluding carboxylic acids is 2. The van der Waals surface area contributed by atoms with E-state index >= 15 is 0 Å².